The van der Waals surface area contributed by atoms with Crippen LogP contribution in [0.15, 0.2) is 0 Å². The number of carboxylic acid groups (broad SMARTS) is 1. The van der Waals surface area contributed by atoms with Crippen LogP contribution in [0.5, 0.6) is 0 Å². The average Bonchev–Trinajstić information content (AvgIpc) is 2.37. The Morgan fingerprint density at radius 1 is 1.33 bits per heavy atom. The number of aliphatic carboxylic acids is 1. The summed E-state index contributed by atoms with van der Waals surface area (Å²) in [6.45, 7) is 9.77. The molecule has 1 rings (SSSR count). The Morgan fingerprint density at radius 2 is 1.90 bits per heavy atom. The Bertz CT molecular complexity index is 357. The van der Waals surface area contributed by atoms with Crippen molar-refractivity contribution in [3.8, 4) is 0 Å². The van der Waals surface area contributed by atoms with Gasteiger partial charge in [0.2, 0.25) is 0 Å². The number of rotatable bonds is 5. The molecule has 0 bridgehead atoms. The molecule has 0 spiro atoms. The zero-order valence-electron chi connectivity index (χ0n) is 13.5. The van der Waals surface area contributed by atoms with E-state index in [-0.39, 0.29) is 30.0 Å². The van der Waals surface area contributed by atoms with Crippen LogP contribution in [0.1, 0.15) is 47.0 Å². The fourth-order valence-corrected chi connectivity index (χ4v) is 2.45. The van der Waals surface area contributed by atoms with E-state index in [9.17, 15) is 9.59 Å². The lowest BCUT2D eigenvalue weighted by Gasteiger charge is -2.36. The highest BCUT2D eigenvalue weighted by Gasteiger charge is 2.31. The van der Waals surface area contributed by atoms with E-state index < -0.39 is 5.97 Å². The zero-order chi connectivity index (χ0) is 16.0. The van der Waals surface area contributed by atoms with Crippen molar-refractivity contribution in [2.75, 3.05) is 19.7 Å². The molecule has 1 unspecified atom stereocenters. The summed E-state index contributed by atoms with van der Waals surface area (Å²) in [7, 11) is 0. The molecule has 6 heteroatoms. The molecule has 0 aromatic heterocycles. The van der Waals surface area contributed by atoms with Crippen molar-refractivity contribution in [2.45, 2.75) is 59.1 Å². The van der Waals surface area contributed by atoms with E-state index >= 15 is 0 Å². The third kappa shape index (κ3) is 5.91. The second kappa shape index (κ2) is 7.64. The molecule has 2 amide bonds. The molecule has 0 aromatic rings. The molecule has 6 nitrogen and oxygen atoms in total. The van der Waals surface area contributed by atoms with Crippen LogP contribution < -0.4 is 5.32 Å². The Labute approximate surface area is 126 Å². The number of carbonyl (C=O) groups excluding carboxylic acids is 1. The number of piperidine rings is 1. The minimum Gasteiger partial charge on any atom is -0.481 e. The predicted molar refractivity (Wildman–Crippen MR) is 80.2 cm³/mol. The zero-order valence-corrected chi connectivity index (χ0v) is 13.5. The van der Waals surface area contributed by atoms with Crippen LogP contribution in [-0.2, 0) is 9.53 Å². The molecular formula is C15H28N2O4. The molecule has 0 aromatic carbocycles. The van der Waals surface area contributed by atoms with Gasteiger partial charge in [-0.15, -0.1) is 0 Å². The molecule has 1 aliphatic rings. The first kappa shape index (κ1) is 17.8. The number of urea groups is 1. The van der Waals surface area contributed by atoms with E-state index in [1.807, 2.05) is 27.7 Å². The number of likely N-dealkylation sites (tertiary alicyclic amines) is 1. The fraction of sp³-hybridized carbons (Fsp3) is 0.867. The molecule has 0 saturated carbocycles. The highest BCUT2D eigenvalue weighted by Crippen LogP contribution is 2.22. The molecular weight excluding hydrogens is 272 g/mol. The van der Waals surface area contributed by atoms with Crippen molar-refractivity contribution in [2.24, 2.45) is 5.41 Å². The van der Waals surface area contributed by atoms with Crippen LogP contribution in [-0.4, -0.2) is 53.8 Å². The molecule has 2 N–H and O–H groups in total. The van der Waals surface area contributed by atoms with Crippen LogP contribution in [0.25, 0.3) is 0 Å². The van der Waals surface area contributed by atoms with Gasteiger partial charge in [-0.2, -0.15) is 0 Å². The van der Waals surface area contributed by atoms with Crippen LogP contribution in [0.4, 0.5) is 4.79 Å². The Kier molecular flexibility index (Phi) is 6.45. The molecule has 1 saturated heterocycles. The summed E-state index contributed by atoms with van der Waals surface area (Å²) in [4.78, 5) is 25.0. The average molecular weight is 300 g/mol. The summed E-state index contributed by atoms with van der Waals surface area (Å²) in [6, 6.07) is -0.557. The van der Waals surface area contributed by atoms with E-state index in [0.717, 1.165) is 12.8 Å². The van der Waals surface area contributed by atoms with Crippen LogP contribution in [0.2, 0.25) is 0 Å². The third-order valence-electron chi connectivity index (χ3n) is 3.85. The molecule has 0 radical (unpaired) electrons. The van der Waals surface area contributed by atoms with E-state index in [4.69, 9.17) is 9.84 Å². The van der Waals surface area contributed by atoms with Gasteiger partial charge in [0.25, 0.3) is 0 Å². The Hall–Kier alpha value is -1.30. The molecule has 1 fully saturated rings. The maximum atomic E-state index is 12.3. The Balaban J connectivity index is 2.53. The first-order chi connectivity index (χ1) is 9.74. The minimum absolute atomic E-state index is 0.0648. The SMILES string of the molecule is CCOC1CCN(C(=O)NC(CC(=O)O)C(C)(C)C)CC1. The smallest absolute Gasteiger partial charge is 0.317 e. The number of hydrogen-bond acceptors (Lipinski definition) is 3. The number of ether oxygens (including phenoxy) is 1. The predicted octanol–water partition coefficient (Wildman–Crippen LogP) is 2.09. The summed E-state index contributed by atoms with van der Waals surface area (Å²) in [5.74, 6) is -0.898. The largest absolute Gasteiger partial charge is 0.481 e. The van der Waals surface area contributed by atoms with E-state index in [1.165, 1.54) is 0 Å². The van der Waals surface area contributed by atoms with E-state index in [2.05, 4.69) is 5.32 Å². The topological polar surface area (TPSA) is 78.9 Å². The summed E-state index contributed by atoms with van der Waals surface area (Å²) >= 11 is 0. The van der Waals surface area contributed by atoms with Gasteiger partial charge in [0.05, 0.1) is 12.5 Å². The second-order valence-electron chi connectivity index (χ2n) is 6.61. The summed E-state index contributed by atoms with van der Waals surface area (Å²) in [5.41, 5.74) is -0.294. The van der Waals surface area contributed by atoms with Gasteiger partial charge in [-0.25, -0.2) is 4.79 Å². The number of amides is 2. The second-order valence-corrected chi connectivity index (χ2v) is 6.61. The lowest BCUT2D eigenvalue weighted by Crippen LogP contribution is -2.52. The van der Waals surface area contributed by atoms with Crippen molar-refractivity contribution < 1.29 is 19.4 Å². The normalized spacial score (nSPS) is 18.4. The number of nitrogens with one attached hydrogen (secondary N) is 1. The summed E-state index contributed by atoms with van der Waals surface area (Å²) < 4.78 is 5.56. The minimum atomic E-state index is -0.898. The number of nitrogens with zero attached hydrogens (tertiary/aromatic N) is 1. The van der Waals surface area contributed by atoms with Crippen LogP contribution in [0.3, 0.4) is 0 Å². The molecule has 1 aliphatic heterocycles. The van der Waals surface area contributed by atoms with Gasteiger partial charge in [-0.3, -0.25) is 4.79 Å². The molecule has 21 heavy (non-hydrogen) atoms. The van der Waals surface area contributed by atoms with Gasteiger partial charge in [0.1, 0.15) is 0 Å². The quantitative estimate of drug-likeness (QED) is 0.815. The molecule has 0 aliphatic carbocycles. The Morgan fingerprint density at radius 3 is 2.33 bits per heavy atom. The van der Waals surface area contributed by atoms with Crippen molar-refractivity contribution in [1.82, 2.24) is 10.2 Å². The van der Waals surface area contributed by atoms with E-state index in [1.54, 1.807) is 4.90 Å². The lowest BCUT2D eigenvalue weighted by atomic mass is 9.85. The molecule has 1 heterocycles. The van der Waals surface area contributed by atoms with Gasteiger partial charge in [-0.05, 0) is 25.2 Å². The highest BCUT2D eigenvalue weighted by molar-refractivity contribution is 5.76. The summed E-state index contributed by atoms with van der Waals surface area (Å²) in [5, 5.41) is 11.9. The lowest BCUT2D eigenvalue weighted by molar-refractivity contribution is -0.138. The number of carboxylic acids is 1. The van der Waals surface area contributed by atoms with E-state index in [0.29, 0.717) is 19.7 Å². The maximum Gasteiger partial charge on any atom is 0.317 e. The van der Waals surface area contributed by atoms with Gasteiger partial charge < -0.3 is 20.1 Å². The van der Waals surface area contributed by atoms with Gasteiger partial charge >= 0.3 is 12.0 Å². The first-order valence-electron chi connectivity index (χ1n) is 7.63. The third-order valence-corrected chi connectivity index (χ3v) is 3.85. The molecule has 1 atom stereocenters. The van der Waals surface area contributed by atoms with Crippen molar-refractivity contribution in [1.29, 1.82) is 0 Å². The standard InChI is InChI=1S/C15H28N2O4/c1-5-21-11-6-8-17(9-7-11)14(20)16-12(10-13(18)19)15(2,3)4/h11-12H,5-10H2,1-4H3,(H,16,20)(H,18,19). The van der Waals surface area contributed by atoms with Crippen molar-refractivity contribution in [3.63, 3.8) is 0 Å². The van der Waals surface area contributed by atoms with Gasteiger partial charge in [0.15, 0.2) is 0 Å². The van der Waals surface area contributed by atoms with Crippen LogP contribution >= 0.6 is 0 Å². The van der Waals surface area contributed by atoms with Gasteiger partial charge in [0, 0.05) is 25.7 Å². The maximum absolute atomic E-state index is 12.3. The van der Waals surface area contributed by atoms with Crippen LogP contribution in [0, 0.1) is 5.41 Å². The van der Waals surface area contributed by atoms with Crippen molar-refractivity contribution >= 4 is 12.0 Å². The summed E-state index contributed by atoms with van der Waals surface area (Å²) in [6.07, 6.45) is 1.84. The monoisotopic (exact) mass is 300 g/mol. The number of hydrogen-bond donors (Lipinski definition) is 2. The molecule has 122 valence electrons. The number of carbonyl (C=O) groups is 2. The first-order valence-corrected chi connectivity index (χ1v) is 7.63. The highest BCUT2D eigenvalue weighted by atomic mass is 16.5. The van der Waals surface area contributed by atoms with Crippen molar-refractivity contribution in [3.05, 3.63) is 0 Å². The fourth-order valence-electron chi connectivity index (χ4n) is 2.45. The van der Waals surface area contributed by atoms with Gasteiger partial charge in [-0.1, -0.05) is 20.8 Å².